The van der Waals surface area contributed by atoms with Crippen molar-refractivity contribution in [1.82, 2.24) is 10.6 Å². The van der Waals surface area contributed by atoms with Crippen molar-refractivity contribution in [3.63, 3.8) is 0 Å². The van der Waals surface area contributed by atoms with Gasteiger partial charge >= 0.3 is 17.9 Å². The number of nitrogens with one attached hydrogen (secondary N) is 2. The third kappa shape index (κ3) is 12.3. The van der Waals surface area contributed by atoms with Gasteiger partial charge in [0, 0.05) is 53.9 Å². The van der Waals surface area contributed by atoms with E-state index in [4.69, 9.17) is 28.8 Å². The number of carbonyl (C=O) groups excluding carboxylic acids is 5. The molecule has 0 aromatic heterocycles. The Bertz CT molecular complexity index is 746. The van der Waals surface area contributed by atoms with E-state index in [-0.39, 0.29) is 32.1 Å². The van der Waals surface area contributed by atoms with Gasteiger partial charge in [0.05, 0.1) is 0 Å². The predicted octanol–water partition coefficient (Wildman–Crippen LogP) is -0.282. The first-order valence-electron chi connectivity index (χ1n) is 11.9. The molecular weight excluding hydrogens is 480 g/mol. The van der Waals surface area contributed by atoms with E-state index in [1.165, 1.54) is 13.8 Å². The fourth-order valence-corrected chi connectivity index (χ4v) is 3.57. The summed E-state index contributed by atoms with van der Waals surface area (Å²) in [6.07, 6.45) is -1.93. The van der Waals surface area contributed by atoms with Crippen LogP contribution in [-0.4, -0.2) is 91.8 Å². The van der Waals surface area contributed by atoms with E-state index in [0.29, 0.717) is 32.2 Å². The molecule has 0 bridgehead atoms. The van der Waals surface area contributed by atoms with Crippen LogP contribution in [0.4, 0.5) is 0 Å². The number of hydrogen-bond donors (Lipinski definition) is 3. The summed E-state index contributed by atoms with van der Waals surface area (Å²) < 4.78 is 27.5. The molecule has 13 heteroatoms. The van der Waals surface area contributed by atoms with Gasteiger partial charge in [-0.3, -0.25) is 24.0 Å². The van der Waals surface area contributed by atoms with Crippen LogP contribution >= 0.6 is 0 Å². The molecule has 0 saturated carbocycles. The van der Waals surface area contributed by atoms with Crippen molar-refractivity contribution in [1.29, 1.82) is 0 Å². The molecule has 1 aliphatic rings. The summed E-state index contributed by atoms with van der Waals surface area (Å²) in [5.74, 6) is -2.56. The van der Waals surface area contributed by atoms with Crippen molar-refractivity contribution in [2.75, 3.05) is 26.4 Å². The van der Waals surface area contributed by atoms with Gasteiger partial charge in [-0.15, -0.1) is 0 Å². The number of hydrogen-bond acceptors (Lipinski definition) is 11. The highest BCUT2D eigenvalue weighted by Gasteiger charge is 2.51. The van der Waals surface area contributed by atoms with E-state index in [0.717, 1.165) is 13.8 Å². The second-order valence-corrected chi connectivity index (χ2v) is 8.33. The van der Waals surface area contributed by atoms with Crippen LogP contribution in [0.2, 0.25) is 0 Å². The normalized spacial score (nSPS) is 23.3. The molecule has 2 amide bonds. The van der Waals surface area contributed by atoms with E-state index in [1.54, 1.807) is 0 Å². The maximum atomic E-state index is 11.9. The molecule has 0 spiro atoms. The van der Waals surface area contributed by atoms with Crippen LogP contribution in [0.15, 0.2) is 0 Å². The molecule has 1 saturated heterocycles. The topological polar surface area (TPSA) is 176 Å². The Morgan fingerprint density at radius 3 is 2.11 bits per heavy atom. The Kier molecular flexibility index (Phi) is 14.6. The quantitative estimate of drug-likeness (QED) is 0.148. The zero-order valence-electron chi connectivity index (χ0n) is 21.3. The second kappa shape index (κ2) is 16.8. The van der Waals surface area contributed by atoms with Crippen molar-refractivity contribution in [3.05, 3.63) is 0 Å². The number of unbranched alkanes of at least 4 members (excludes halogenated alkanes) is 2. The fraction of sp³-hybridized carbons (Fsp3) is 0.783. The monoisotopic (exact) mass is 518 g/mol. The van der Waals surface area contributed by atoms with Crippen molar-refractivity contribution in [3.8, 4) is 0 Å². The standard InChI is InChI=1S/C23H38N2O11/c1-14(27)25-20-22(35-17(4)30)21(34-16(3)29)18(13-33-15(2)28)36-23(20)32-12-8-5-9-19(31)24-10-6-7-11-26/h18,20-23,26H,5-13H2,1-4H3,(H,24,31)(H,25,27)/t18?,20?,21-,22+,23+/m0/s1. The highest BCUT2D eigenvalue weighted by molar-refractivity contribution is 5.75. The molecule has 206 valence electrons. The van der Waals surface area contributed by atoms with Gasteiger partial charge < -0.3 is 39.4 Å². The van der Waals surface area contributed by atoms with Crippen LogP contribution in [0.25, 0.3) is 0 Å². The van der Waals surface area contributed by atoms with E-state index < -0.39 is 54.5 Å². The lowest BCUT2D eigenvalue weighted by Gasteiger charge is -2.44. The zero-order chi connectivity index (χ0) is 27.1. The maximum absolute atomic E-state index is 11.9. The average molecular weight is 519 g/mol. The smallest absolute Gasteiger partial charge is 0.303 e. The fourth-order valence-electron chi connectivity index (χ4n) is 3.57. The molecule has 1 aliphatic heterocycles. The molecule has 1 fully saturated rings. The summed E-state index contributed by atoms with van der Waals surface area (Å²) >= 11 is 0. The summed E-state index contributed by atoms with van der Waals surface area (Å²) in [5.41, 5.74) is 0. The first kappa shape index (κ1) is 31.3. The van der Waals surface area contributed by atoms with Gasteiger partial charge in [0.1, 0.15) is 18.8 Å². The largest absolute Gasteiger partial charge is 0.463 e. The van der Waals surface area contributed by atoms with Gasteiger partial charge in [0.2, 0.25) is 11.8 Å². The Morgan fingerprint density at radius 1 is 0.861 bits per heavy atom. The number of rotatable bonds is 15. The van der Waals surface area contributed by atoms with Gasteiger partial charge in [0.15, 0.2) is 18.5 Å². The minimum Gasteiger partial charge on any atom is -0.463 e. The minimum absolute atomic E-state index is 0.0810. The van der Waals surface area contributed by atoms with Gasteiger partial charge in [0.25, 0.3) is 0 Å². The van der Waals surface area contributed by atoms with Crippen molar-refractivity contribution in [2.24, 2.45) is 0 Å². The third-order valence-electron chi connectivity index (χ3n) is 5.06. The number of carbonyl (C=O) groups is 5. The molecule has 0 aliphatic carbocycles. The first-order chi connectivity index (χ1) is 17.0. The Balaban J connectivity index is 2.87. The van der Waals surface area contributed by atoms with Gasteiger partial charge in [-0.05, 0) is 25.7 Å². The van der Waals surface area contributed by atoms with Crippen molar-refractivity contribution < 1.29 is 52.8 Å². The number of aliphatic hydroxyl groups excluding tert-OH is 1. The van der Waals surface area contributed by atoms with Crippen LogP contribution < -0.4 is 10.6 Å². The number of amides is 2. The lowest BCUT2D eigenvalue weighted by Crippen LogP contribution is -2.66. The zero-order valence-corrected chi connectivity index (χ0v) is 21.3. The summed E-state index contributed by atoms with van der Waals surface area (Å²) in [6.45, 7) is 5.19. The Hall–Kier alpha value is -2.77. The highest BCUT2D eigenvalue weighted by Crippen LogP contribution is 2.28. The number of ether oxygens (including phenoxy) is 5. The molecule has 5 atom stereocenters. The molecule has 3 N–H and O–H groups in total. The lowest BCUT2D eigenvalue weighted by atomic mass is 9.96. The molecule has 2 unspecified atom stereocenters. The number of aliphatic hydroxyl groups is 1. The van der Waals surface area contributed by atoms with Gasteiger partial charge in [-0.1, -0.05) is 0 Å². The van der Waals surface area contributed by atoms with E-state index >= 15 is 0 Å². The second-order valence-electron chi connectivity index (χ2n) is 8.33. The lowest BCUT2D eigenvalue weighted by molar-refractivity contribution is -0.277. The minimum atomic E-state index is -1.18. The maximum Gasteiger partial charge on any atom is 0.303 e. The number of esters is 3. The van der Waals surface area contributed by atoms with Gasteiger partial charge in [-0.2, -0.15) is 0 Å². The van der Waals surface area contributed by atoms with Gasteiger partial charge in [-0.25, -0.2) is 0 Å². The summed E-state index contributed by atoms with van der Waals surface area (Å²) in [5, 5.41) is 14.1. The molecule has 13 nitrogen and oxygen atoms in total. The van der Waals surface area contributed by atoms with Crippen molar-refractivity contribution >= 4 is 29.7 Å². The summed E-state index contributed by atoms with van der Waals surface area (Å²) in [6, 6.07) is -1.03. The van der Waals surface area contributed by atoms with E-state index in [2.05, 4.69) is 10.6 Å². The molecule has 0 aromatic rings. The van der Waals surface area contributed by atoms with Crippen LogP contribution in [0.3, 0.4) is 0 Å². The van der Waals surface area contributed by atoms with Crippen molar-refractivity contribution in [2.45, 2.75) is 90.4 Å². The van der Waals surface area contributed by atoms with E-state index in [9.17, 15) is 24.0 Å². The molecule has 1 rings (SSSR count). The van der Waals surface area contributed by atoms with Crippen LogP contribution in [0.5, 0.6) is 0 Å². The Morgan fingerprint density at radius 2 is 1.53 bits per heavy atom. The summed E-state index contributed by atoms with van der Waals surface area (Å²) in [4.78, 5) is 58.7. The van der Waals surface area contributed by atoms with E-state index in [1.807, 2.05) is 0 Å². The molecule has 0 radical (unpaired) electrons. The highest BCUT2D eigenvalue weighted by atomic mass is 16.7. The average Bonchev–Trinajstić information content (AvgIpc) is 2.77. The van der Waals surface area contributed by atoms with Crippen LogP contribution in [-0.2, 0) is 47.7 Å². The van der Waals surface area contributed by atoms with Crippen LogP contribution in [0, 0.1) is 0 Å². The first-order valence-corrected chi connectivity index (χ1v) is 11.9. The predicted molar refractivity (Wildman–Crippen MR) is 123 cm³/mol. The SMILES string of the molecule is CC(=O)NC1[C@H](OCCCCC(=O)NCCCCO)OC(COC(C)=O)[C@H](OC(C)=O)[C@@H]1OC(C)=O. The summed E-state index contributed by atoms with van der Waals surface area (Å²) in [7, 11) is 0. The van der Waals surface area contributed by atoms with Crippen LogP contribution in [0.1, 0.15) is 59.8 Å². The molecular formula is C23H38N2O11. The molecule has 0 aromatic carbocycles. The third-order valence-corrected chi connectivity index (χ3v) is 5.06. The Labute approximate surface area is 210 Å². The molecule has 1 heterocycles. The molecule has 36 heavy (non-hydrogen) atoms.